The van der Waals surface area contributed by atoms with Crippen molar-refractivity contribution < 1.29 is 9.21 Å². The van der Waals surface area contributed by atoms with E-state index in [1.54, 1.807) is 13.8 Å². The Hall–Kier alpha value is -2.40. The number of piperidine rings is 1. The standard InChI is InChI=1S/C21H26N2O3/c1-15-12-19(24)26-16(2)20(15)21(25)23-11-7-10-18(14-23)22(3)13-17-8-5-4-6-9-17/h4-6,8-9,12,18H,7,10-11,13-14H2,1-3H3. The molecule has 1 aromatic carbocycles. The molecule has 0 aliphatic carbocycles. The Kier molecular flexibility index (Phi) is 5.57. The quantitative estimate of drug-likeness (QED) is 0.847. The molecule has 5 heteroatoms. The summed E-state index contributed by atoms with van der Waals surface area (Å²) >= 11 is 0. The number of nitrogens with zero attached hydrogens (tertiary/aromatic N) is 2. The van der Waals surface area contributed by atoms with Crippen LogP contribution in [0.3, 0.4) is 0 Å². The zero-order valence-electron chi connectivity index (χ0n) is 15.7. The van der Waals surface area contributed by atoms with Crippen molar-refractivity contribution in [1.29, 1.82) is 0 Å². The maximum absolute atomic E-state index is 13.0. The van der Waals surface area contributed by atoms with Crippen LogP contribution in [-0.4, -0.2) is 41.9 Å². The molecule has 1 unspecified atom stereocenters. The number of benzene rings is 1. The highest BCUT2D eigenvalue weighted by molar-refractivity contribution is 5.96. The number of hydrogen-bond acceptors (Lipinski definition) is 4. The zero-order valence-corrected chi connectivity index (χ0v) is 15.7. The van der Waals surface area contributed by atoms with Gasteiger partial charge in [0.05, 0.1) is 5.56 Å². The topological polar surface area (TPSA) is 53.8 Å². The second kappa shape index (κ2) is 7.87. The van der Waals surface area contributed by atoms with Crippen molar-refractivity contribution in [2.75, 3.05) is 20.1 Å². The maximum Gasteiger partial charge on any atom is 0.336 e. The van der Waals surface area contributed by atoms with Crippen LogP contribution >= 0.6 is 0 Å². The molecule has 1 aliphatic heterocycles. The average molecular weight is 354 g/mol. The van der Waals surface area contributed by atoms with Crippen LogP contribution < -0.4 is 5.63 Å². The molecular formula is C21H26N2O3. The fraction of sp³-hybridized carbons (Fsp3) is 0.429. The highest BCUT2D eigenvalue weighted by Gasteiger charge is 2.29. The van der Waals surface area contributed by atoms with Gasteiger partial charge >= 0.3 is 5.63 Å². The van der Waals surface area contributed by atoms with Crippen molar-refractivity contribution in [3.63, 3.8) is 0 Å². The molecule has 138 valence electrons. The summed E-state index contributed by atoms with van der Waals surface area (Å²) in [5.41, 5.74) is 2.07. The van der Waals surface area contributed by atoms with Gasteiger partial charge in [-0.1, -0.05) is 30.3 Å². The van der Waals surface area contributed by atoms with Gasteiger partial charge in [-0.3, -0.25) is 9.69 Å². The van der Waals surface area contributed by atoms with E-state index in [0.29, 0.717) is 29.5 Å². The molecule has 0 N–H and O–H groups in total. The van der Waals surface area contributed by atoms with Crippen LogP contribution in [0.4, 0.5) is 0 Å². The molecule has 1 atom stereocenters. The van der Waals surface area contributed by atoms with Crippen LogP contribution in [0, 0.1) is 13.8 Å². The first-order valence-electron chi connectivity index (χ1n) is 9.10. The number of likely N-dealkylation sites (tertiary alicyclic amines) is 1. The Bertz CT molecular complexity index is 803. The number of amides is 1. The van der Waals surface area contributed by atoms with Crippen molar-refractivity contribution >= 4 is 5.91 Å². The molecule has 0 bridgehead atoms. The summed E-state index contributed by atoms with van der Waals surface area (Å²) in [4.78, 5) is 28.7. The highest BCUT2D eigenvalue weighted by atomic mass is 16.4. The molecule has 2 aromatic rings. The van der Waals surface area contributed by atoms with Crippen LogP contribution in [0.15, 0.2) is 45.6 Å². The lowest BCUT2D eigenvalue weighted by molar-refractivity contribution is 0.0597. The Morgan fingerprint density at radius 3 is 2.69 bits per heavy atom. The molecule has 1 fully saturated rings. The molecule has 2 heterocycles. The van der Waals surface area contributed by atoms with Crippen LogP contribution in [0.1, 0.15) is 40.1 Å². The zero-order chi connectivity index (χ0) is 18.7. The van der Waals surface area contributed by atoms with E-state index in [-0.39, 0.29) is 5.91 Å². The van der Waals surface area contributed by atoms with Gasteiger partial charge in [0.1, 0.15) is 5.76 Å². The van der Waals surface area contributed by atoms with Gasteiger partial charge in [-0.15, -0.1) is 0 Å². The first-order valence-corrected chi connectivity index (χ1v) is 9.10. The maximum atomic E-state index is 13.0. The normalized spacial score (nSPS) is 17.5. The van der Waals surface area contributed by atoms with Crippen molar-refractivity contribution in [3.05, 3.63) is 69.3 Å². The summed E-state index contributed by atoms with van der Waals surface area (Å²) in [6.07, 6.45) is 2.05. The van der Waals surface area contributed by atoms with E-state index >= 15 is 0 Å². The minimum absolute atomic E-state index is 0.0402. The van der Waals surface area contributed by atoms with Gasteiger partial charge in [0.2, 0.25) is 0 Å². The number of aryl methyl sites for hydroxylation is 2. The van der Waals surface area contributed by atoms with E-state index in [2.05, 4.69) is 36.2 Å². The van der Waals surface area contributed by atoms with E-state index in [9.17, 15) is 9.59 Å². The first-order chi connectivity index (χ1) is 12.5. The monoisotopic (exact) mass is 354 g/mol. The second-order valence-corrected chi connectivity index (χ2v) is 7.13. The summed E-state index contributed by atoms with van der Waals surface area (Å²) in [5, 5.41) is 0. The van der Waals surface area contributed by atoms with Gasteiger partial charge in [-0.25, -0.2) is 4.79 Å². The Labute approximate surface area is 154 Å². The molecule has 0 saturated carbocycles. The van der Waals surface area contributed by atoms with Gasteiger partial charge in [0.15, 0.2) is 0 Å². The third-order valence-electron chi connectivity index (χ3n) is 5.13. The summed E-state index contributed by atoms with van der Waals surface area (Å²) in [6, 6.07) is 12.1. The van der Waals surface area contributed by atoms with E-state index < -0.39 is 5.63 Å². The van der Waals surface area contributed by atoms with Crippen molar-refractivity contribution in [2.24, 2.45) is 0 Å². The summed E-state index contributed by atoms with van der Waals surface area (Å²) in [6.45, 7) is 5.78. The number of hydrogen-bond donors (Lipinski definition) is 0. The largest absolute Gasteiger partial charge is 0.427 e. The lowest BCUT2D eigenvalue weighted by atomic mass is 10.0. The van der Waals surface area contributed by atoms with Crippen molar-refractivity contribution in [2.45, 2.75) is 39.3 Å². The molecule has 1 aromatic heterocycles. The fourth-order valence-electron chi connectivity index (χ4n) is 3.73. The molecule has 1 aliphatic rings. The highest BCUT2D eigenvalue weighted by Crippen LogP contribution is 2.21. The lowest BCUT2D eigenvalue weighted by Gasteiger charge is -2.38. The van der Waals surface area contributed by atoms with Gasteiger partial charge in [0, 0.05) is 31.7 Å². The van der Waals surface area contributed by atoms with E-state index in [1.807, 2.05) is 11.0 Å². The number of likely N-dealkylation sites (N-methyl/N-ethyl adjacent to an activating group) is 1. The van der Waals surface area contributed by atoms with Crippen LogP contribution in [-0.2, 0) is 6.54 Å². The lowest BCUT2D eigenvalue weighted by Crippen LogP contribution is -2.48. The molecule has 0 spiro atoms. The van der Waals surface area contributed by atoms with Gasteiger partial charge in [-0.2, -0.15) is 0 Å². The van der Waals surface area contributed by atoms with Crippen LogP contribution in [0.25, 0.3) is 0 Å². The first kappa shape index (κ1) is 18.4. The Balaban J connectivity index is 1.72. The van der Waals surface area contributed by atoms with Gasteiger partial charge < -0.3 is 9.32 Å². The Morgan fingerprint density at radius 1 is 1.27 bits per heavy atom. The summed E-state index contributed by atoms with van der Waals surface area (Å²) < 4.78 is 5.14. The van der Waals surface area contributed by atoms with Crippen LogP contribution in [0.2, 0.25) is 0 Å². The fourth-order valence-corrected chi connectivity index (χ4v) is 3.73. The number of rotatable bonds is 4. The number of carbonyl (C=O) groups is 1. The van der Waals surface area contributed by atoms with Crippen molar-refractivity contribution in [3.8, 4) is 0 Å². The second-order valence-electron chi connectivity index (χ2n) is 7.13. The molecular weight excluding hydrogens is 328 g/mol. The Morgan fingerprint density at radius 2 is 2.00 bits per heavy atom. The molecule has 26 heavy (non-hydrogen) atoms. The van der Waals surface area contributed by atoms with Crippen LogP contribution in [0.5, 0.6) is 0 Å². The SMILES string of the molecule is Cc1cc(=O)oc(C)c1C(=O)N1CCCC(N(C)Cc2ccccc2)C1. The van der Waals surface area contributed by atoms with Gasteiger partial charge in [-0.05, 0) is 44.9 Å². The number of carbonyl (C=O) groups excluding carboxylic acids is 1. The summed E-state index contributed by atoms with van der Waals surface area (Å²) in [5.74, 6) is 0.362. The molecule has 5 nitrogen and oxygen atoms in total. The minimum atomic E-state index is -0.407. The van der Waals surface area contributed by atoms with Crippen molar-refractivity contribution in [1.82, 2.24) is 9.80 Å². The minimum Gasteiger partial charge on any atom is -0.427 e. The summed E-state index contributed by atoms with van der Waals surface area (Å²) in [7, 11) is 2.11. The average Bonchev–Trinajstić information content (AvgIpc) is 2.61. The molecule has 1 saturated heterocycles. The van der Waals surface area contributed by atoms with E-state index in [1.165, 1.54) is 11.6 Å². The smallest absolute Gasteiger partial charge is 0.336 e. The molecule has 3 rings (SSSR count). The van der Waals surface area contributed by atoms with E-state index in [0.717, 1.165) is 25.9 Å². The molecule has 0 radical (unpaired) electrons. The third kappa shape index (κ3) is 4.05. The molecule has 1 amide bonds. The third-order valence-corrected chi connectivity index (χ3v) is 5.13. The predicted octanol–water partition coefficient (Wildman–Crippen LogP) is 2.99. The van der Waals surface area contributed by atoms with E-state index in [4.69, 9.17) is 4.42 Å². The van der Waals surface area contributed by atoms with Gasteiger partial charge in [0.25, 0.3) is 5.91 Å². The predicted molar refractivity (Wildman–Crippen MR) is 101 cm³/mol.